The summed E-state index contributed by atoms with van der Waals surface area (Å²) in [5.41, 5.74) is -1.43. The predicted octanol–water partition coefficient (Wildman–Crippen LogP) is 12.3. The van der Waals surface area contributed by atoms with Crippen molar-refractivity contribution in [1.82, 2.24) is 4.90 Å². The maximum Gasteiger partial charge on any atom is 0.508 e. The van der Waals surface area contributed by atoms with Crippen LogP contribution in [0.5, 0.6) is 0 Å². The molecule has 0 aliphatic heterocycles. The number of esters is 5. The summed E-state index contributed by atoms with van der Waals surface area (Å²) in [5, 5.41) is 0. The zero-order valence-electron chi connectivity index (χ0n) is 44.6. The highest BCUT2D eigenvalue weighted by Gasteiger charge is 2.38. The first-order valence-electron chi connectivity index (χ1n) is 27.8. The standard InChI is InChI=1S/C55H99NO14/c1-5-9-11-13-15-24-32-42-64-49(58)35-27-19-21-29-38-52(61)68-46-55(45-67-51(60)37-26-18-17-23-31-41-57,48-70-54(63)66-44-34-40-56(7-3)8-4)47-69-53(62)39-30-22-20-28-36-50(59)65-43-33-25-16-14-12-10-6-2/h41H,5-40,42-48H2,1-4H3. The van der Waals surface area contributed by atoms with Crippen molar-refractivity contribution in [2.75, 3.05) is 65.9 Å². The number of ether oxygens (including phenoxy) is 7. The molecule has 0 heterocycles. The number of rotatable bonds is 51. The van der Waals surface area contributed by atoms with Gasteiger partial charge in [-0.3, -0.25) is 24.0 Å². The van der Waals surface area contributed by atoms with Crippen molar-refractivity contribution < 1.29 is 66.7 Å². The van der Waals surface area contributed by atoms with Gasteiger partial charge < -0.3 is 42.9 Å². The molecule has 0 saturated heterocycles. The normalized spacial score (nSPS) is 11.3. The third-order valence-corrected chi connectivity index (χ3v) is 12.3. The van der Waals surface area contributed by atoms with Crippen molar-refractivity contribution in [2.45, 2.75) is 240 Å². The number of hydrogen-bond acceptors (Lipinski definition) is 15. The highest BCUT2D eigenvalue weighted by Crippen LogP contribution is 2.24. The van der Waals surface area contributed by atoms with Crippen LogP contribution in [-0.4, -0.2) is 113 Å². The van der Waals surface area contributed by atoms with Gasteiger partial charge in [-0.2, -0.15) is 0 Å². The van der Waals surface area contributed by atoms with E-state index >= 15 is 0 Å². The molecule has 0 N–H and O–H groups in total. The molecule has 0 aromatic heterocycles. The van der Waals surface area contributed by atoms with E-state index in [9.17, 15) is 33.6 Å². The fourth-order valence-electron chi connectivity index (χ4n) is 7.67. The second kappa shape index (κ2) is 48.9. The first-order chi connectivity index (χ1) is 34.0. The largest absolute Gasteiger partial charge is 0.508 e. The van der Waals surface area contributed by atoms with Crippen LogP contribution in [-0.2, 0) is 61.9 Å². The molecule has 70 heavy (non-hydrogen) atoms. The van der Waals surface area contributed by atoms with Crippen molar-refractivity contribution in [3.05, 3.63) is 0 Å². The smallest absolute Gasteiger partial charge is 0.466 e. The first kappa shape index (κ1) is 66.2. The van der Waals surface area contributed by atoms with Gasteiger partial charge in [-0.1, -0.05) is 143 Å². The van der Waals surface area contributed by atoms with Gasteiger partial charge >= 0.3 is 36.0 Å². The van der Waals surface area contributed by atoms with E-state index in [0.717, 1.165) is 96.5 Å². The molecule has 15 heteroatoms. The minimum Gasteiger partial charge on any atom is -0.466 e. The van der Waals surface area contributed by atoms with Crippen LogP contribution in [0.3, 0.4) is 0 Å². The van der Waals surface area contributed by atoms with Gasteiger partial charge in [-0.25, -0.2) is 4.79 Å². The molecule has 15 nitrogen and oxygen atoms in total. The topological polar surface area (TPSA) is 187 Å². The number of aldehydes is 1. The van der Waals surface area contributed by atoms with E-state index in [1.165, 1.54) is 51.4 Å². The van der Waals surface area contributed by atoms with Crippen molar-refractivity contribution in [3.8, 4) is 0 Å². The lowest BCUT2D eigenvalue weighted by molar-refractivity contribution is -0.166. The number of unbranched alkanes of at least 4 members (excludes halogenated alkanes) is 22. The highest BCUT2D eigenvalue weighted by molar-refractivity contribution is 5.71. The number of nitrogens with zero attached hydrogens (tertiary/aromatic N) is 1. The van der Waals surface area contributed by atoms with Gasteiger partial charge in [0.05, 0.1) is 19.8 Å². The Balaban J connectivity index is 5.38. The minimum absolute atomic E-state index is 0.0921. The maximum atomic E-state index is 13.1. The molecular formula is C55H99NO14. The van der Waals surface area contributed by atoms with Crippen molar-refractivity contribution >= 4 is 42.3 Å². The average molecular weight is 998 g/mol. The molecule has 0 aromatic carbocycles. The summed E-state index contributed by atoms with van der Waals surface area (Å²) in [6.07, 6.45) is 26.1. The van der Waals surface area contributed by atoms with Crippen LogP contribution in [0.1, 0.15) is 240 Å². The number of carbonyl (C=O) groups excluding carboxylic acids is 7. The van der Waals surface area contributed by atoms with Crippen LogP contribution < -0.4 is 0 Å². The second-order valence-electron chi connectivity index (χ2n) is 18.9. The maximum absolute atomic E-state index is 13.1. The zero-order valence-corrected chi connectivity index (χ0v) is 44.6. The van der Waals surface area contributed by atoms with Crippen LogP contribution in [0.2, 0.25) is 0 Å². The first-order valence-corrected chi connectivity index (χ1v) is 27.8. The Morgan fingerprint density at radius 1 is 0.357 bits per heavy atom. The van der Waals surface area contributed by atoms with Crippen LogP contribution in [0.15, 0.2) is 0 Å². The van der Waals surface area contributed by atoms with Crippen molar-refractivity contribution in [1.29, 1.82) is 0 Å². The molecule has 0 saturated carbocycles. The van der Waals surface area contributed by atoms with Gasteiger partial charge in [0.25, 0.3) is 0 Å². The minimum atomic E-state index is -1.43. The van der Waals surface area contributed by atoms with Gasteiger partial charge in [0.15, 0.2) is 0 Å². The van der Waals surface area contributed by atoms with Gasteiger partial charge in [0.2, 0.25) is 0 Å². The Morgan fingerprint density at radius 3 is 1.04 bits per heavy atom. The molecule has 0 aromatic rings. The number of hydrogen-bond donors (Lipinski definition) is 0. The Hall–Kier alpha value is -3.75. The molecule has 0 fully saturated rings. The summed E-state index contributed by atoms with van der Waals surface area (Å²) in [5.74, 6) is -1.96. The van der Waals surface area contributed by atoms with Gasteiger partial charge in [-0.05, 0) is 70.9 Å². The molecular weight excluding hydrogens is 899 g/mol. The molecule has 0 bridgehead atoms. The summed E-state index contributed by atoms with van der Waals surface area (Å²) >= 11 is 0. The van der Waals surface area contributed by atoms with E-state index in [1.54, 1.807) is 0 Å². The van der Waals surface area contributed by atoms with E-state index in [0.29, 0.717) is 83.8 Å². The molecule has 0 radical (unpaired) electrons. The molecule has 0 spiro atoms. The van der Waals surface area contributed by atoms with Crippen molar-refractivity contribution in [2.24, 2.45) is 5.41 Å². The van der Waals surface area contributed by atoms with Crippen LogP contribution in [0.25, 0.3) is 0 Å². The molecule has 0 aliphatic carbocycles. The summed E-state index contributed by atoms with van der Waals surface area (Å²) in [4.78, 5) is 89.3. The monoisotopic (exact) mass is 998 g/mol. The Kier molecular flexibility index (Phi) is 46.2. The summed E-state index contributed by atoms with van der Waals surface area (Å²) in [6.45, 7) is 10.5. The second-order valence-corrected chi connectivity index (χ2v) is 18.9. The van der Waals surface area contributed by atoms with E-state index in [2.05, 4.69) is 32.6 Å². The van der Waals surface area contributed by atoms with E-state index < -0.39 is 36.1 Å². The summed E-state index contributed by atoms with van der Waals surface area (Å²) in [6, 6.07) is 0. The quantitative estimate of drug-likeness (QED) is 0.0242. The van der Waals surface area contributed by atoms with Gasteiger partial charge in [-0.15, -0.1) is 0 Å². The van der Waals surface area contributed by atoms with E-state index in [-0.39, 0.29) is 57.6 Å². The van der Waals surface area contributed by atoms with Crippen LogP contribution in [0, 0.1) is 5.41 Å². The summed E-state index contributed by atoms with van der Waals surface area (Å²) in [7, 11) is 0. The summed E-state index contributed by atoms with van der Waals surface area (Å²) < 4.78 is 38.8. The lowest BCUT2D eigenvalue weighted by Gasteiger charge is -2.31. The molecule has 0 unspecified atom stereocenters. The fraction of sp³-hybridized carbons (Fsp3) is 0.873. The Bertz CT molecular complexity index is 1260. The van der Waals surface area contributed by atoms with E-state index in [4.69, 9.17) is 33.2 Å². The Morgan fingerprint density at radius 2 is 0.671 bits per heavy atom. The fourth-order valence-corrected chi connectivity index (χ4v) is 7.67. The lowest BCUT2D eigenvalue weighted by atomic mass is 9.92. The van der Waals surface area contributed by atoms with Crippen molar-refractivity contribution in [3.63, 3.8) is 0 Å². The van der Waals surface area contributed by atoms with E-state index in [1.807, 2.05) is 0 Å². The van der Waals surface area contributed by atoms with Crippen LogP contribution >= 0.6 is 0 Å². The predicted molar refractivity (Wildman–Crippen MR) is 272 cm³/mol. The third kappa shape index (κ3) is 43.1. The number of carbonyl (C=O) groups is 7. The third-order valence-electron chi connectivity index (χ3n) is 12.3. The highest BCUT2D eigenvalue weighted by atomic mass is 16.7. The molecule has 408 valence electrons. The molecule has 0 aliphatic rings. The van der Waals surface area contributed by atoms with Crippen LogP contribution in [0.4, 0.5) is 4.79 Å². The lowest BCUT2D eigenvalue weighted by Crippen LogP contribution is -2.44. The Labute approximate surface area is 423 Å². The molecule has 0 amide bonds. The molecule has 0 atom stereocenters. The average Bonchev–Trinajstić information content (AvgIpc) is 3.35. The van der Waals surface area contributed by atoms with Gasteiger partial charge in [0.1, 0.15) is 38.1 Å². The SMILES string of the molecule is CCCCCCCCCOC(=O)CCCCCCC(=O)OCC(COC(=O)CCCCCCC=O)(COC(=O)CCCCCCC(=O)OCCCCCCCCC)COC(=O)OCCCN(CC)CC. The zero-order chi connectivity index (χ0) is 51.6. The molecule has 0 rings (SSSR count). The van der Waals surface area contributed by atoms with Gasteiger partial charge in [0, 0.05) is 45.1 Å².